The first-order chi connectivity index (χ1) is 15.5. The average Bonchev–Trinajstić information content (AvgIpc) is 2.76. The van der Waals surface area contributed by atoms with E-state index in [1.54, 1.807) is 55.5 Å². The maximum atomic E-state index is 13.5. The van der Waals surface area contributed by atoms with Crippen molar-refractivity contribution < 1.29 is 18.0 Å². The second-order valence-corrected chi connectivity index (χ2v) is 10.5. The molecule has 2 rings (SSSR count). The fourth-order valence-electron chi connectivity index (χ4n) is 3.11. The summed E-state index contributed by atoms with van der Waals surface area (Å²) in [6, 6.07) is 12.3. The standard InChI is InChI=1S/C23H29Cl2N3O4S/c1-5-16(2)26-23(30)17(3)27(14-19-20(24)12-9-13-21(19)25)22(29)15-28(33(4,31)32)18-10-7-6-8-11-18/h6-13,16-17H,5,14-15H2,1-4H3,(H,26,30)/t16-,17-/m1/s1. The minimum atomic E-state index is -3.77. The summed E-state index contributed by atoms with van der Waals surface area (Å²) in [6.45, 7) is 4.85. The van der Waals surface area contributed by atoms with Gasteiger partial charge in [0.25, 0.3) is 0 Å². The molecule has 0 bridgehead atoms. The lowest BCUT2D eigenvalue weighted by Crippen LogP contribution is -2.52. The van der Waals surface area contributed by atoms with Gasteiger partial charge < -0.3 is 10.2 Å². The third-order valence-corrected chi connectivity index (χ3v) is 7.13. The molecule has 0 spiro atoms. The summed E-state index contributed by atoms with van der Waals surface area (Å²) in [7, 11) is -3.77. The summed E-state index contributed by atoms with van der Waals surface area (Å²) in [6.07, 6.45) is 1.75. The predicted molar refractivity (Wildman–Crippen MR) is 133 cm³/mol. The smallest absolute Gasteiger partial charge is 0.244 e. The van der Waals surface area contributed by atoms with Crippen molar-refractivity contribution in [2.24, 2.45) is 0 Å². The predicted octanol–water partition coefficient (Wildman–Crippen LogP) is 4.09. The number of anilines is 1. The number of carbonyl (C=O) groups is 2. The summed E-state index contributed by atoms with van der Waals surface area (Å²) in [4.78, 5) is 27.6. The molecule has 0 fully saturated rings. The van der Waals surface area contributed by atoms with Gasteiger partial charge in [-0.1, -0.05) is 54.4 Å². The molecule has 0 unspecified atom stereocenters. The van der Waals surface area contributed by atoms with E-state index in [2.05, 4.69) is 5.32 Å². The number of carbonyl (C=O) groups excluding carboxylic acids is 2. The second-order valence-electron chi connectivity index (χ2n) is 7.82. The lowest BCUT2D eigenvalue weighted by Gasteiger charge is -2.32. The minimum absolute atomic E-state index is 0.0567. The van der Waals surface area contributed by atoms with Crippen LogP contribution >= 0.6 is 23.2 Å². The van der Waals surface area contributed by atoms with Crippen LogP contribution < -0.4 is 9.62 Å². The number of amides is 2. The molecular weight excluding hydrogens is 485 g/mol. The molecule has 0 saturated carbocycles. The van der Waals surface area contributed by atoms with E-state index in [9.17, 15) is 18.0 Å². The zero-order valence-corrected chi connectivity index (χ0v) is 21.4. The Morgan fingerprint density at radius 3 is 2.09 bits per heavy atom. The number of hydrogen-bond donors (Lipinski definition) is 1. The van der Waals surface area contributed by atoms with Crippen molar-refractivity contribution in [1.82, 2.24) is 10.2 Å². The molecular formula is C23H29Cl2N3O4S. The summed E-state index contributed by atoms with van der Waals surface area (Å²) in [5.41, 5.74) is 0.823. The molecule has 10 heteroatoms. The Hall–Kier alpha value is -2.29. The Kier molecular flexibility index (Phi) is 9.57. The van der Waals surface area contributed by atoms with E-state index in [0.717, 1.165) is 17.0 Å². The highest BCUT2D eigenvalue weighted by Crippen LogP contribution is 2.27. The van der Waals surface area contributed by atoms with Gasteiger partial charge in [-0.3, -0.25) is 13.9 Å². The molecule has 0 aromatic heterocycles. The highest BCUT2D eigenvalue weighted by Gasteiger charge is 2.31. The zero-order valence-electron chi connectivity index (χ0n) is 19.1. The van der Waals surface area contributed by atoms with Crippen LogP contribution in [0.5, 0.6) is 0 Å². The van der Waals surface area contributed by atoms with Crippen molar-refractivity contribution in [2.75, 3.05) is 17.1 Å². The van der Waals surface area contributed by atoms with Crippen molar-refractivity contribution in [1.29, 1.82) is 0 Å². The highest BCUT2D eigenvalue weighted by atomic mass is 35.5. The Morgan fingerprint density at radius 2 is 1.58 bits per heavy atom. The van der Waals surface area contributed by atoms with Gasteiger partial charge in [0.1, 0.15) is 12.6 Å². The summed E-state index contributed by atoms with van der Waals surface area (Å²) < 4.78 is 26.0. The number of halogens is 2. The van der Waals surface area contributed by atoms with E-state index < -0.39 is 28.5 Å². The molecule has 0 aliphatic carbocycles. The molecule has 1 N–H and O–H groups in total. The van der Waals surface area contributed by atoms with E-state index in [4.69, 9.17) is 23.2 Å². The van der Waals surface area contributed by atoms with Gasteiger partial charge in [0, 0.05) is 28.2 Å². The minimum Gasteiger partial charge on any atom is -0.352 e. The van der Waals surface area contributed by atoms with Crippen molar-refractivity contribution in [3.63, 3.8) is 0 Å². The maximum Gasteiger partial charge on any atom is 0.244 e. The Labute approximate surface area is 205 Å². The molecule has 2 amide bonds. The Balaban J connectivity index is 2.42. The molecule has 180 valence electrons. The van der Waals surface area contributed by atoms with E-state index in [1.165, 1.54) is 4.90 Å². The summed E-state index contributed by atoms with van der Waals surface area (Å²) in [5.74, 6) is -0.918. The fourth-order valence-corrected chi connectivity index (χ4v) is 4.48. The van der Waals surface area contributed by atoms with E-state index in [0.29, 0.717) is 21.3 Å². The number of nitrogens with zero attached hydrogens (tertiary/aromatic N) is 2. The van der Waals surface area contributed by atoms with E-state index >= 15 is 0 Å². The van der Waals surface area contributed by atoms with Crippen LogP contribution in [0.4, 0.5) is 5.69 Å². The van der Waals surface area contributed by atoms with Crippen LogP contribution in [-0.4, -0.2) is 50.0 Å². The van der Waals surface area contributed by atoms with Crippen molar-refractivity contribution in [3.05, 3.63) is 64.1 Å². The van der Waals surface area contributed by atoms with Crippen LogP contribution in [0.1, 0.15) is 32.8 Å². The topological polar surface area (TPSA) is 86.8 Å². The first-order valence-corrected chi connectivity index (χ1v) is 13.1. The largest absolute Gasteiger partial charge is 0.352 e. The Bertz CT molecular complexity index is 1060. The number of sulfonamides is 1. The summed E-state index contributed by atoms with van der Waals surface area (Å²) in [5, 5.41) is 3.55. The quantitative estimate of drug-likeness (QED) is 0.518. The Morgan fingerprint density at radius 1 is 1.00 bits per heavy atom. The van der Waals surface area contributed by atoms with Crippen LogP contribution in [0.25, 0.3) is 0 Å². The fraction of sp³-hybridized carbons (Fsp3) is 0.391. The van der Waals surface area contributed by atoms with Gasteiger partial charge >= 0.3 is 0 Å². The molecule has 2 aromatic carbocycles. The van der Waals surface area contributed by atoms with Gasteiger partial charge in [0.15, 0.2) is 0 Å². The van der Waals surface area contributed by atoms with Gasteiger partial charge in [-0.25, -0.2) is 8.42 Å². The lowest BCUT2D eigenvalue weighted by atomic mass is 10.1. The summed E-state index contributed by atoms with van der Waals surface area (Å²) >= 11 is 12.6. The SMILES string of the molecule is CC[C@@H](C)NC(=O)[C@@H](C)N(Cc1c(Cl)cccc1Cl)C(=O)CN(c1ccccc1)S(C)(=O)=O. The van der Waals surface area contributed by atoms with Gasteiger partial charge in [-0.2, -0.15) is 0 Å². The monoisotopic (exact) mass is 513 g/mol. The van der Waals surface area contributed by atoms with Crippen molar-refractivity contribution in [3.8, 4) is 0 Å². The van der Waals surface area contributed by atoms with E-state index in [1.807, 2.05) is 13.8 Å². The number of benzene rings is 2. The first-order valence-electron chi connectivity index (χ1n) is 10.5. The van der Waals surface area contributed by atoms with Crippen LogP contribution in [0.3, 0.4) is 0 Å². The average molecular weight is 514 g/mol. The second kappa shape index (κ2) is 11.7. The van der Waals surface area contributed by atoms with Gasteiger partial charge in [-0.05, 0) is 44.5 Å². The van der Waals surface area contributed by atoms with Gasteiger partial charge in [0.05, 0.1) is 11.9 Å². The third kappa shape index (κ3) is 7.35. The van der Waals surface area contributed by atoms with Crippen LogP contribution in [-0.2, 0) is 26.2 Å². The number of nitrogens with one attached hydrogen (secondary N) is 1. The van der Waals surface area contributed by atoms with Crippen molar-refractivity contribution >= 4 is 50.7 Å². The number of rotatable bonds is 10. The number of para-hydroxylation sites is 1. The maximum absolute atomic E-state index is 13.5. The van der Waals surface area contributed by atoms with Crippen LogP contribution in [0, 0.1) is 0 Å². The van der Waals surface area contributed by atoms with E-state index in [-0.39, 0.29) is 18.5 Å². The van der Waals surface area contributed by atoms with Gasteiger partial charge in [-0.15, -0.1) is 0 Å². The van der Waals surface area contributed by atoms with Crippen LogP contribution in [0.2, 0.25) is 10.0 Å². The van der Waals surface area contributed by atoms with Crippen molar-refractivity contribution in [2.45, 2.75) is 45.8 Å². The molecule has 2 aromatic rings. The van der Waals surface area contributed by atoms with Crippen LogP contribution in [0.15, 0.2) is 48.5 Å². The molecule has 0 heterocycles. The molecule has 0 saturated heterocycles. The normalized spacial score (nSPS) is 13.2. The first kappa shape index (κ1) is 27.0. The lowest BCUT2D eigenvalue weighted by molar-refractivity contribution is -0.139. The zero-order chi connectivity index (χ0) is 24.8. The molecule has 2 atom stereocenters. The highest BCUT2D eigenvalue weighted by molar-refractivity contribution is 7.92. The molecule has 0 radical (unpaired) electrons. The third-order valence-electron chi connectivity index (χ3n) is 5.28. The number of hydrogen-bond acceptors (Lipinski definition) is 4. The molecule has 33 heavy (non-hydrogen) atoms. The molecule has 7 nitrogen and oxygen atoms in total. The molecule has 0 aliphatic heterocycles. The van der Waals surface area contributed by atoms with Gasteiger partial charge in [0.2, 0.25) is 21.8 Å². The molecule has 0 aliphatic rings.